The van der Waals surface area contributed by atoms with Crippen LogP contribution < -0.4 is 4.74 Å². The summed E-state index contributed by atoms with van der Waals surface area (Å²) in [6.45, 7) is -0.423. The number of alkyl halides is 6. The zero-order valence-corrected chi connectivity index (χ0v) is 10.9. The lowest BCUT2D eigenvalue weighted by molar-refractivity contribution is -0.143. The van der Waals surface area contributed by atoms with Gasteiger partial charge in [-0.3, -0.25) is 0 Å². The summed E-state index contributed by atoms with van der Waals surface area (Å²) in [5, 5.41) is 0. The Hall–Kier alpha value is -2.18. The first-order valence-electron chi connectivity index (χ1n) is 6.04. The molecule has 0 fully saturated rings. The van der Waals surface area contributed by atoms with E-state index in [1.54, 1.807) is 12.1 Å². The molecule has 0 atom stereocenters. The van der Waals surface area contributed by atoms with E-state index in [9.17, 15) is 26.3 Å². The van der Waals surface area contributed by atoms with E-state index in [0.717, 1.165) is 0 Å². The maximum absolute atomic E-state index is 12.7. The molecule has 0 aliphatic carbocycles. The highest BCUT2D eigenvalue weighted by Gasteiger charge is 2.36. The highest BCUT2D eigenvalue weighted by atomic mass is 19.4. The summed E-state index contributed by atoms with van der Waals surface area (Å²) >= 11 is 0. The van der Waals surface area contributed by atoms with Gasteiger partial charge in [0.1, 0.15) is 12.4 Å². The Labute approximate surface area is 122 Å². The van der Waals surface area contributed by atoms with Gasteiger partial charge in [0.15, 0.2) is 0 Å². The Morgan fingerprint density at radius 2 is 1.45 bits per heavy atom. The molecule has 0 aliphatic rings. The fourth-order valence-electron chi connectivity index (χ4n) is 1.73. The number of hydrogen-bond donors (Lipinski definition) is 0. The van der Waals surface area contributed by atoms with Gasteiger partial charge in [0.05, 0.1) is 11.1 Å². The molecule has 2 aromatic carbocycles. The topological polar surface area (TPSA) is 9.23 Å². The highest BCUT2D eigenvalue weighted by Crippen LogP contribution is 2.36. The van der Waals surface area contributed by atoms with Gasteiger partial charge in [0, 0.05) is 6.07 Å². The van der Waals surface area contributed by atoms with E-state index in [0.29, 0.717) is 12.1 Å². The first-order chi connectivity index (χ1) is 10.2. The van der Waals surface area contributed by atoms with Crippen LogP contribution in [0.25, 0.3) is 0 Å². The number of halogens is 6. The third-order valence-corrected chi connectivity index (χ3v) is 2.72. The van der Waals surface area contributed by atoms with Crippen molar-refractivity contribution >= 4 is 0 Å². The van der Waals surface area contributed by atoms with E-state index in [4.69, 9.17) is 4.74 Å². The van der Waals surface area contributed by atoms with Gasteiger partial charge in [-0.25, -0.2) is 0 Å². The molecule has 0 unspecified atom stereocenters. The van der Waals surface area contributed by atoms with Crippen LogP contribution in [0.15, 0.2) is 42.5 Å². The second-order valence-electron chi connectivity index (χ2n) is 4.43. The predicted octanol–water partition coefficient (Wildman–Crippen LogP) is 5.10. The van der Waals surface area contributed by atoms with Gasteiger partial charge in [-0.2, -0.15) is 26.3 Å². The summed E-state index contributed by atoms with van der Waals surface area (Å²) in [5.41, 5.74) is -2.95. The quantitative estimate of drug-likeness (QED) is 0.715. The van der Waals surface area contributed by atoms with Crippen molar-refractivity contribution in [2.75, 3.05) is 0 Å². The molecule has 1 radical (unpaired) electrons. The summed E-state index contributed by atoms with van der Waals surface area (Å²) in [5.74, 6) is 0.230. The van der Waals surface area contributed by atoms with Crippen LogP contribution in [0.5, 0.6) is 5.75 Å². The minimum atomic E-state index is -4.87. The van der Waals surface area contributed by atoms with Gasteiger partial charge < -0.3 is 4.74 Å². The third kappa shape index (κ3) is 4.16. The molecule has 22 heavy (non-hydrogen) atoms. The molecule has 1 nitrogen and oxygen atoms in total. The van der Waals surface area contributed by atoms with E-state index < -0.39 is 30.1 Å². The van der Waals surface area contributed by atoms with Crippen LogP contribution >= 0.6 is 0 Å². The van der Waals surface area contributed by atoms with Crippen LogP contribution in [0.1, 0.15) is 16.7 Å². The van der Waals surface area contributed by atoms with E-state index >= 15 is 0 Å². The molecule has 0 amide bonds. The monoisotopic (exact) mass is 319 g/mol. The molecular weight excluding hydrogens is 310 g/mol. The van der Waals surface area contributed by atoms with Gasteiger partial charge in [-0.1, -0.05) is 18.2 Å². The lowest BCUT2D eigenvalue weighted by atomic mass is 10.1. The SMILES string of the molecule is FC(F)(F)c1cc(COc2[c]cccc2)cc(C(F)(F)F)c1. The summed E-state index contributed by atoms with van der Waals surface area (Å²) in [6.07, 6.45) is -9.73. The maximum atomic E-state index is 12.7. The molecule has 117 valence electrons. The largest absolute Gasteiger partial charge is 0.488 e. The van der Waals surface area contributed by atoms with Crippen molar-refractivity contribution in [1.29, 1.82) is 0 Å². The van der Waals surface area contributed by atoms with Crippen molar-refractivity contribution in [3.05, 3.63) is 65.2 Å². The number of hydrogen-bond acceptors (Lipinski definition) is 1. The van der Waals surface area contributed by atoms with Crippen LogP contribution in [-0.2, 0) is 19.0 Å². The Kier molecular flexibility index (Phi) is 4.35. The molecular formula is C15H9F6O. The van der Waals surface area contributed by atoms with Gasteiger partial charge in [0.25, 0.3) is 0 Å². The zero-order chi connectivity index (χ0) is 16.4. The number of benzene rings is 2. The highest BCUT2D eigenvalue weighted by molar-refractivity contribution is 5.33. The van der Waals surface area contributed by atoms with E-state index in [1.165, 1.54) is 12.1 Å². The summed E-state index contributed by atoms with van der Waals surface area (Å²) in [7, 11) is 0. The van der Waals surface area contributed by atoms with Gasteiger partial charge >= 0.3 is 12.4 Å². The second kappa shape index (κ2) is 5.90. The van der Waals surface area contributed by atoms with Crippen LogP contribution in [0.2, 0.25) is 0 Å². The van der Waals surface area contributed by atoms with Crippen LogP contribution in [0.3, 0.4) is 0 Å². The molecule has 7 heteroatoms. The second-order valence-corrected chi connectivity index (χ2v) is 4.43. The Morgan fingerprint density at radius 3 is 1.91 bits per heavy atom. The first kappa shape index (κ1) is 16.2. The van der Waals surface area contributed by atoms with Crippen molar-refractivity contribution in [3.8, 4) is 5.75 Å². The molecule has 2 aromatic rings. The molecule has 0 saturated carbocycles. The lowest BCUT2D eigenvalue weighted by Gasteiger charge is -2.14. The van der Waals surface area contributed by atoms with E-state index in [1.807, 2.05) is 0 Å². The van der Waals surface area contributed by atoms with Crippen molar-refractivity contribution in [2.45, 2.75) is 19.0 Å². The fourth-order valence-corrected chi connectivity index (χ4v) is 1.73. The molecule has 0 spiro atoms. The van der Waals surface area contributed by atoms with Gasteiger partial charge in [-0.15, -0.1) is 0 Å². The average molecular weight is 319 g/mol. The van der Waals surface area contributed by atoms with Crippen LogP contribution in [0, 0.1) is 6.07 Å². The van der Waals surface area contributed by atoms with Gasteiger partial charge in [-0.05, 0) is 29.8 Å². The van der Waals surface area contributed by atoms with E-state index in [2.05, 4.69) is 6.07 Å². The zero-order valence-electron chi connectivity index (χ0n) is 10.9. The Morgan fingerprint density at radius 1 is 0.864 bits per heavy atom. The van der Waals surface area contributed by atoms with Crippen molar-refractivity contribution in [3.63, 3.8) is 0 Å². The van der Waals surface area contributed by atoms with Crippen molar-refractivity contribution in [1.82, 2.24) is 0 Å². The minimum absolute atomic E-state index is 0.0815. The molecule has 0 bridgehead atoms. The lowest BCUT2D eigenvalue weighted by Crippen LogP contribution is -2.12. The first-order valence-corrected chi connectivity index (χ1v) is 6.04. The normalized spacial score (nSPS) is 12.3. The summed E-state index contributed by atoms with van der Waals surface area (Å²) in [4.78, 5) is 0. The molecule has 0 N–H and O–H groups in total. The summed E-state index contributed by atoms with van der Waals surface area (Å²) < 4.78 is 81.2. The van der Waals surface area contributed by atoms with Crippen molar-refractivity contribution < 1.29 is 31.1 Å². The average Bonchev–Trinajstić information content (AvgIpc) is 2.44. The smallest absolute Gasteiger partial charge is 0.416 e. The third-order valence-electron chi connectivity index (χ3n) is 2.72. The molecule has 2 rings (SSSR count). The summed E-state index contributed by atoms with van der Waals surface area (Å²) in [6, 6.07) is 10.3. The number of ether oxygens (including phenoxy) is 1. The molecule has 0 heterocycles. The Bertz CT molecular complexity index is 598. The number of para-hydroxylation sites is 1. The van der Waals surface area contributed by atoms with Crippen LogP contribution in [-0.4, -0.2) is 0 Å². The minimum Gasteiger partial charge on any atom is -0.488 e. The number of rotatable bonds is 3. The predicted molar refractivity (Wildman–Crippen MR) is 66.1 cm³/mol. The maximum Gasteiger partial charge on any atom is 0.416 e. The van der Waals surface area contributed by atoms with Crippen LogP contribution in [0.4, 0.5) is 26.3 Å². The Balaban J connectivity index is 2.30. The molecule has 0 aliphatic heterocycles. The van der Waals surface area contributed by atoms with E-state index in [-0.39, 0.29) is 17.4 Å². The standard InChI is InChI=1S/C15H9F6O/c16-14(17,18)11-6-10(7-12(8-11)15(19,20)21)9-22-13-4-2-1-3-5-13/h1-4,6-8H,9H2. The van der Waals surface area contributed by atoms with Gasteiger partial charge in [0.2, 0.25) is 0 Å². The molecule has 0 saturated heterocycles. The molecule has 0 aromatic heterocycles. The van der Waals surface area contributed by atoms with Crippen molar-refractivity contribution in [2.24, 2.45) is 0 Å². The fraction of sp³-hybridized carbons (Fsp3) is 0.200.